The van der Waals surface area contributed by atoms with E-state index in [2.05, 4.69) is 29.4 Å². The van der Waals surface area contributed by atoms with E-state index in [1.807, 2.05) is 24.3 Å². The van der Waals surface area contributed by atoms with Crippen molar-refractivity contribution in [3.63, 3.8) is 0 Å². The molecule has 0 saturated carbocycles. The van der Waals surface area contributed by atoms with Gasteiger partial charge in [0.05, 0.1) is 7.11 Å². The Labute approximate surface area is 121 Å². The Morgan fingerprint density at radius 1 is 1.20 bits per heavy atom. The first-order valence-corrected chi connectivity index (χ1v) is 7.07. The molecule has 0 atom stereocenters. The largest absolute Gasteiger partial charge is 0.496 e. The summed E-state index contributed by atoms with van der Waals surface area (Å²) >= 11 is 0. The molecule has 0 aliphatic carbocycles. The van der Waals surface area contributed by atoms with Crippen LogP contribution < -0.4 is 15.4 Å². The van der Waals surface area contributed by atoms with Gasteiger partial charge >= 0.3 is 6.03 Å². The number of hydrogen-bond acceptors (Lipinski definition) is 3. The molecule has 1 rings (SSSR count). The van der Waals surface area contributed by atoms with Gasteiger partial charge in [0.15, 0.2) is 0 Å². The summed E-state index contributed by atoms with van der Waals surface area (Å²) in [6.07, 6.45) is 0. The standard InChI is InChI=1S/C15H25N3O2/c1-4-18(5-2)11-10-16-15(19)17-12-13-8-6-7-9-14(13)20-3/h6-9H,4-5,10-12H2,1-3H3,(H2,16,17,19). The van der Waals surface area contributed by atoms with E-state index in [4.69, 9.17) is 4.74 Å². The van der Waals surface area contributed by atoms with Crippen molar-refractivity contribution in [1.29, 1.82) is 0 Å². The van der Waals surface area contributed by atoms with Crippen molar-refractivity contribution in [2.75, 3.05) is 33.3 Å². The summed E-state index contributed by atoms with van der Waals surface area (Å²) in [5.74, 6) is 0.788. The number of nitrogens with one attached hydrogen (secondary N) is 2. The van der Waals surface area contributed by atoms with Crippen LogP contribution in [-0.2, 0) is 6.54 Å². The quantitative estimate of drug-likeness (QED) is 0.763. The summed E-state index contributed by atoms with van der Waals surface area (Å²) in [7, 11) is 1.63. The Hall–Kier alpha value is -1.75. The van der Waals surface area contributed by atoms with E-state index < -0.39 is 0 Å². The minimum Gasteiger partial charge on any atom is -0.496 e. The van der Waals surface area contributed by atoms with Crippen molar-refractivity contribution in [1.82, 2.24) is 15.5 Å². The molecule has 0 aromatic heterocycles. The number of methoxy groups -OCH3 is 1. The van der Waals surface area contributed by atoms with Crippen LogP contribution in [0.3, 0.4) is 0 Å². The van der Waals surface area contributed by atoms with Crippen LogP contribution in [0.5, 0.6) is 5.75 Å². The fourth-order valence-electron chi connectivity index (χ4n) is 1.95. The van der Waals surface area contributed by atoms with Crippen molar-refractivity contribution in [3.8, 4) is 5.75 Å². The van der Waals surface area contributed by atoms with Gasteiger partial charge in [-0.2, -0.15) is 0 Å². The van der Waals surface area contributed by atoms with Crippen LogP contribution in [0.15, 0.2) is 24.3 Å². The lowest BCUT2D eigenvalue weighted by molar-refractivity contribution is 0.236. The summed E-state index contributed by atoms with van der Waals surface area (Å²) < 4.78 is 5.24. The van der Waals surface area contributed by atoms with Crippen molar-refractivity contribution >= 4 is 6.03 Å². The molecular formula is C15H25N3O2. The molecule has 2 N–H and O–H groups in total. The smallest absolute Gasteiger partial charge is 0.315 e. The molecule has 0 bridgehead atoms. The number of carbonyl (C=O) groups excluding carboxylic acids is 1. The van der Waals surface area contributed by atoms with Crippen molar-refractivity contribution in [2.45, 2.75) is 20.4 Å². The van der Waals surface area contributed by atoms with Gasteiger partial charge in [-0.1, -0.05) is 32.0 Å². The van der Waals surface area contributed by atoms with Crippen LogP contribution in [-0.4, -0.2) is 44.2 Å². The predicted octanol–water partition coefficient (Wildman–Crippen LogP) is 1.84. The average molecular weight is 279 g/mol. The number of benzene rings is 1. The number of para-hydroxylation sites is 1. The Morgan fingerprint density at radius 3 is 2.55 bits per heavy atom. The lowest BCUT2D eigenvalue weighted by Gasteiger charge is -2.18. The Morgan fingerprint density at radius 2 is 1.90 bits per heavy atom. The van der Waals surface area contributed by atoms with Gasteiger partial charge in [-0.25, -0.2) is 4.79 Å². The number of urea groups is 1. The zero-order chi connectivity index (χ0) is 14.8. The lowest BCUT2D eigenvalue weighted by atomic mass is 10.2. The van der Waals surface area contributed by atoms with Crippen molar-refractivity contribution in [2.24, 2.45) is 0 Å². The van der Waals surface area contributed by atoms with Gasteiger partial charge < -0.3 is 20.3 Å². The molecular weight excluding hydrogens is 254 g/mol. The molecule has 0 aliphatic heterocycles. The van der Waals surface area contributed by atoms with Gasteiger partial charge in [-0.05, 0) is 19.2 Å². The van der Waals surface area contributed by atoms with Gasteiger partial charge in [0, 0.05) is 25.2 Å². The van der Waals surface area contributed by atoms with Gasteiger partial charge in [0.25, 0.3) is 0 Å². The Bertz CT molecular complexity index is 406. The van der Waals surface area contributed by atoms with Crippen LogP contribution in [0.4, 0.5) is 4.79 Å². The number of rotatable bonds is 8. The van der Waals surface area contributed by atoms with Crippen molar-refractivity contribution < 1.29 is 9.53 Å². The SMILES string of the molecule is CCN(CC)CCNC(=O)NCc1ccccc1OC. The van der Waals surface area contributed by atoms with Crippen molar-refractivity contribution in [3.05, 3.63) is 29.8 Å². The Kier molecular flexibility index (Phi) is 7.50. The topological polar surface area (TPSA) is 53.6 Å². The first kappa shape index (κ1) is 16.3. The summed E-state index contributed by atoms with van der Waals surface area (Å²) in [5.41, 5.74) is 0.967. The van der Waals surface area contributed by atoms with E-state index in [0.717, 1.165) is 30.9 Å². The minimum atomic E-state index is -0.150. The maximum atomic E-state index is 11.7. The van der Waals surface area contributed by atoms with E-state index in [0.29, 0.717) is 13.1 Å². The number of likely N-dealkylation sites (N-methyl/N-ethyl adjacent to an activating group) is 1. The Balaban J connectivity index is 2.29. The molecule has 0 unspecified atom stereocenters. The van der Waals surface area contributed by atoms with Gasteiger partial charge in [0.1, 0.15) is 5.75 Å². The van der Waals surface area contributed by atoms with Gasteiger partial charge in [-0.15, -0.1) is 0 Å². The third-order valence-corrected chi connectivity index (χ3v) is 3.24. The highest BCUT2D eigenvalue weighted by Crippen LogP contribution is 2.16. The maximum Gasteiger partial charge on any atom is 0.315 e. The fraction of sp³-hybridized carbons (Fsp3) is 0.533. The molecule has 1 aromatic rings. The first-order valence-electron chi connectivity index (χ1n) is 7.07. The molecule has 0 saturated heterocycles. The van der Waals surface area contributed by atoms with Gasteiger partial charge in [0.2, 0.25) is 0 Å². The summed E-state index contributed by atoms with van der Waals surface area (Å²) in [4.78, 5) is 14.0. The third-order valence-electron chi connectivity index (χ3n) is 3.24. The highest BCUT2D eigenvalue weighted by molar-refractivity contribution is 5.73. The number of ether oxygens (including phenoxy) is 1. The van der Waals surface area contributed by atoms with Crippen LogP contribution in [0.2, 0.25) is 0 Å². The minimum absolute atomic E-state index is 0.150. The van der Waals surface area contributed by atoms with E-state index >= 15 is 0 Å². The molecule has 112 valence electrons. The molecule has 0 aliphatic rings. The molecule has 20 heavy (non-hydrogen) atoms. The zero-order valence-corrected chi connectivity index (χ0v) is 12.6. The monoisotopic (exact) mass is 279 g/mol. The highest BCUT2D eigenvalue weighted by Gasteiger charge is 2.05. The second kappa shape index (κ2) is 9.20. The molecule has 5 nitrogen and oxygen atoms in total. The first-order chi connectivity index (χ1) is 9.71. The second-order valence-corrected chi connectivity index (χ2v) is 4.45. The molecule has 5 heteroatoms. The van der Waals surface area contributed by atoms with Crippen LogP contribution in [0.1, 0.15) is 19.4 Å². The van der Waals surface area contributed by atoms with E-state index in [-0.39, 0.29) is 6.03 Å². The van der Waals surface area contributed by atoms with E-state index in [1.165, 1.54) is 0 Å². The predicted molar refractivity (Wildman–Crippen MR) is 81.0 cm³/mol. The second-order valence-electron chi connectivity index (χ2n) is 4.45. The van der Waals surface area contributed by atoms with Gasteiger partial charge in [-0.3, -0.25) is 0 Å². The van der Waals surface area contributed by atoms with Crippen LogP contribution >= 0.6 is 0 Å². The number of hydrogen-bond donors (Lipinski definition) is 2. The average Bonchev–Trinajstić information content (AvgIpc) is 2.49. The molecule has 0 fully saturated rings. The summed E-state index contributed by atoms with van der Waals surface area (Å²) in [6.45, 7) is 8.22. The fourth-order valence-corrected chi connectivity index (χ4v) is 1.95. The highest BCUT2D eigenvalue weighted by atomic mass is 16.5. The third kappa shape index (κ3) is 5.48. The molecule has 1 aromatic carbocycles. The summed E-state index contributed by atoms with van der Waals surface area (Å²) in [6, 6.07) is 7.51. The summed E-state index contributed by atoms with van der Waals surface area (Å²) in [5, 5.41) is 5.69. The van der Waals surface area contributed by atoms with Crippen LogP contribution in [0, 0.1) is 0 Å². The number of carbonyl (C=O) groups is 1. The molecule has 2 amide bonds. The normalized spacial score (nSPS) is 10.4. The molecule has 0 radical (unpaired) electrons. The maximum absolute atomic E-state index is 11.7. The van der Waals surface area contributed by atoms with Crippen LogP contribution in [0.25, 0.3) is 0 Å². The number of nitrogens with zero attached hydrogens (tertiary/aromatic N) is 1. The van der Waals surface area contributed by atoms with E-state index in [9.17, 15) is 4.79 Å². The lowest BCUT2D eigenvalue weighted by Crippen LogP contribution is -2.40. The molecule has 0 spiro atoms. The van der Waals surface area contributed by atoms with E-state index in [1.54, 1.807) is 7.11 Å². The molecule has 0 heterocycles. The number of amides is 2. The zero-order valence-electron chi connectivity index (χ0n) is 12.6.